The summed E-state index contributed by atoms with van der Waals surface area (Å²) in [6, 6.07) is 10.6. The number of fused-ring (bicyclic) bond motifs is 1. The molecule has 17 heavy (non-hydrogen) atoms. The van der Waals surface area contributed by atoms with Gasteiger partial charge in [0, 0.05) is 37.1 Å². The molecule has 2 aromatic rings. The van der Waals surface area contributed by atoms with Crippen molar-refractivity contribution < 1.29 is 0 Å². The summed E-state index contributed by atoms with van der Waals surface area (Å²) in [7, 11) is 2.08. The molecule has 2 rings (SSSR count). The van der Waals surface area contributed by atoms with Crippen molar-refractivity contribution in [3.8, 4) is 6.07 Å². The summed E-state index contributed by atoms with van der Waals surface area (Å²) < 4.78 is 2.17. The number of hydrogen-bond acceptors (Lipinski definition) is 2. The van der Waals surface area contributed by atoms with Crippen LogP contribution in [0.3, 0.4) is 0 Å². The fraction of sp³-hybridized carbons (Fsp3) is 0.357. The summed E-state index contributed by atoms with van der Waals surface area (Å²) in [4.78, 5) is 0. The number of aromatic nitrogens is 1. The zero-order valence-electron chi connectivity index (χ0n) is 10.1. The Bertz CT molecular complexity index is 534. The van der Waals surface area contributed by atoms with E-state index < -0.39 is 0 Å². The molecule has 0 spiro atoms. The Morgan fingerprint density at radius 2 is 2.12 bits per heavy atom. The van der Waals surface area contributed by atoms with Crippen LogP contribution in [0.25, 0.3) is 10.9 Å². The van der Waals surface area contributed by atoms with Gasteiger partial charge in [-0.1, -0.05) is 18.2 Å². The van der Waals surface area contributed by atoms with Crippen LogP contribution in [0, 0.1) is 11.3 Å². The van der Waals surface area contributed by atoms with Crippen molar-refractivity contribution in [2.75, 3.05) is 13.1 Å². The summed E-state index contributed by atoms with van der Waals surface area (Å²) in [5.41, 5.74) is 2.65. The van der Waals surface area contributed by atoms with Crippen molar-refractivity contribution in [3.05, 3.63) is 36.0 Å². The van der Waals surface area contributed by atoms with E-state index >= 15 is 0 Å². The monoisotopic (exact) mass is 227 g/mol. The second-order valence-corrected chi connectivity index (χ2v) is 4.19. The quantitative estimate of drug-likeness (QED) is 0.796. The van der Waals surface area contributed by atoms with Crippen LogP contribution in [0.2, 0.25) is 0 Å². The van der Waals surface area contributed by atoms with E-state index in [-0.39, 0.29) is 0 Å². The Morgan fingerprint density at radius 1 is 1.29 bits per heavy atom. The topological polar surface area (TPSA) is 40.8 Å². The second-order valence-electron chi connectivity index (χ2n) is 4.19. The smallest absolute Gasteiger partial charge is 0.0635 e. The molecule has 0 saturated heterocycles. The van der Waals surface area contributed by atoms with Gasteiger partial charge < -0.3 is 9.88 Å². The van der Waals surface area contributed by atoms with Gasteiger partial charge in [0.15, 0.2) is 0 Å². The van der Waals surface area contributed by atoms with Crippen LogP contribution in [-0.4, -0.2) is 17.7 Å². The van der Waals surface area contributed by atoms with Crippen LogP contribution in [0.1, 0.15) is 12.0 Å². The first-order chi connectivity index (χ1) is 8.33. The van der Waals surface area contributed by atoms with E-state index in [1.54, 1.807) is 0 Å². The maximum Gasteiger partial charge on any atom is 0.0635 e. The third-order valence-corrected chi connectivity index (χ3v) is 2.96. The molecule has 3 nitrogen and oxygen atoms in total. The fourth-order valence-electron chi connectivity index (χ4n) is 2.12. The minimum absolute atomic E-state index is 0.579. The van der Waals surface area contributed by atoms with Crippen LogP contribution in [0.4, 0.5) is 0 Å². The molecular formula is C14H17N3. The molecular weight excluding hydrogens is 210 g/mol. The van der Waals surface area contributed by atoms with E-state index in [4.69, 9.17) is 5.26 Å². The summed E-state index contributed by atoms with van der Waals surface area (Å²) in [5.74, 6) is 0. The lowest BCUT2D eigenvalue weighted by Gasteiger charge is -2.01. The first kappa shape index (κ1) is 11.7. The number of para-hydroxylation sites is 1. The van der Waals surface area contributed by atoms with E-state index in [2.05, 4.69) is 53.5 Å². The molecule has 0 fully saturated rings. The molecule has 0 unspecified atom stereocenters. The lowest BCUT2D eigenvalue weighted by Crippen LogP contribution is -2.17. The molecule has 0 amide bonds. The van der Waals surface area contributed by atoms with E-state index in [1.807, 2.05) is 0 Å². The molecule has 1 N–H and O–H groups in total. The number of rotatable bonds is 5. The highest BCUT2D eigenvalue weighted by atomic mass is 14.9. The van der Waals surface area contributed by atoms with Gasteiger partial charge in [0.05, 0.1) is 6.07 Å². The van der Waals surface area contributed by atoms with Crippen molar-refractivity contribution in [1.29, 1.82) is 5.26 Å². The number of aryl methyl sites for hydroxylation is 1. The van der Waals surface area contributed by atoms with Crippen LogP contribution in [0.5, 0.6) is 0 Å². The van der Waals surface area contributed by atoms with Gasteiger partial charge in [-0.05, 0) is 24.6 Å². The summed E-state index contributed by atoms with van der Waals surface area (Å²) in [6.07, 6.45) is 3.78. The van der Waals surface area contributed by atoms with Crippen LogP contribution < -0.4 is 5.32 Å². The second kappa shape index (κ2) is 5.51. The van der Waals surface area contributed by atoms with Crippen molar-refractivity contribution >= 4 is 10.9 Å². The summed E-state index contributed by atoms with van der Waals surface area (Å²) in [6.45, 7) is 1.71. The fourth-order valence-corrected chi connectivity index (χ4v) is 2.12. The number of nitrogens with one attached hydrogen (secondary N) is 1. The number of hydrogen-bond donors (Lipinski definition) is 1. The molecule has 0 aliphatic heterocycles. The van der Waals surface area contributed by atoms with Crippen molar-refractivity contribution in [1.82, 2.24) is 9.88 Å². The largest absolute Gasteiger partial charge is 0.350 e. The zero-order chi connectivity index (χ0) is 12.1. The van der Waals surface area contributed by atoms with Crippen LogP contribution in [-0.2, 0) is 13.5 Å². The van der Waals surface area contributed by atoms with Gasteiger partial charge in [0.25, 0.3) is 0 Å². The number of benzene rings is 1. The lowest BCUT2D eigenvalue weighted by molar-refractivity contribution is 0.693. The maximum absolute atomic E-state index is 8.43. The first-order valence-corrected chi connectivity index (χ1v) is 5.93. The van der Waals surface area contributed by atoms with Gasteiger partial charge in [-0.25, -0.2) is 0 Å². The molecule has 88 valence electrons. The van der Waals surface area contributed by atoms with Crippen molar-refractivity contribution in [2.45, 2.75) is 12.8 Å². The molecule has 0 atom stereocenters. The lowest BCUT2D eigenvalue weighted by atomic mass is 10.1. The van der Waals surface area contributed by atoms with Crippen LogP contribution >= 0.6 is 0 Å². The average molecular weight is 227 g/mol. The first-order valence-electron chi connectivity index (χ1n) is 5.93. The molecule has 0 bridgehead atoms. The number of nitriles is 1. The third kappa shape index (κ3) is 2.66. The highest BCUT2D eigenvalue weighted by molar-refractivity contribution is 5.83. The Kier molecular flexibility index (Phi) is 3.79. The van der Waals surface area contributed by atoms with Gasteiger partial charge in [-0.15, -0.1) is 0 Å². The molecule has 1 aromatic heterocycles. The molecule has 0 saturated carbocycles. The highest BCUT2D eigenvalue weighted by Crippen LogP contribution is 2.20. The molecule has 0 aliphatic rings. The third-order valence-electron chi connectivity index (χ3n) is 2.96. The van der Waals surface area contributed by atoms with Gasteiger partial charge in [-0.2, -0.15) is 5.26 Å². The minimum Gasteiger partial charge on any atom is -0.350 e. The Labute approximate surface area is 102 Å². The molecule has 3 heteroatoms. The van der Waals surface area contributed by atoms with E-state index in [0.717, 1.165) is 19.5 Å². The van der Waals surface area contributed by atoms with E-state index in [1.165, 1.54) is 16.5 Å². The molecule has 1 aromatic carbocycles. The van der Waals surface area contributed by atoms with Gasteiger partial charge in [0.2, 0.25) is 0 Å². The Hall–Kier alpha value is -1.79. The summed E-state index contributed by atoms with van der Waals surface area (Å²) in [5, 5.41) is 13.0. The van der Waals surface area contributed by atoms with Crippen molar-refractivity contribution in [3.63, 3.8) is 0 Å². The normalized spacial score (nSPS) is 10.6. The predicted molar refractivity (Wildman–Crippen MR) is 69.7 cm³/mol. The highest BCUT2D eigenvalue weighted by Gasteiger charge is 2.04. The SMILES string of the molecule is Cn1cc(CCNCCC#N)c2ccccc21. The van der Waals surface area contributed by atoms with E-state index in [0.29, 0.717) is 6.42 Å². The average Bonchev–Trinajstić information content (AvgIpc) is 2.67. The Balaban J connectivity index is 2.02. The van der Waals surface area contributed by atoms with Crippen LogP contribution in [0.15, 0.2) is 30.5 Å². The summed E-state index contributed by atoms with van der Waals surface area (Å²) >= 11 is 0. The molecule has 0 radical (unpaired) electrons. The number of nitrogens with zero attached hydrogens (tertiary/aromatic N) is 2. The van der Waals surface area contributed by atoms with Gasteiger partial charge >= 0.3 is 0 Å². The van der Waals surface area contributed by atoms with Gasteiger partial charge in [0.1, 0.15) is 0 Å². The predicted octanol–water partition coefficient (Wildman–Crippen LogP) is 2.22. The van der Waals surface area contributed by atoms with Gasteiger partial charge in [-0.3, -0.25) is 0 Å². The van der Waals surface area contributed by atoms with Crippen molar-refractivity contribution in [2.24, 2.45) is 7.05 Å². The molecule has 0 aliphatic carbocycles. The standard InChI is InChI=1S/C14H17N3/c1-17-11-12(7-10-16-9-4-8-15)13-5-2-3-6-14(13)17/h2-3,5-6,11,16H,4,7,9-10H2,1H3. The minimum atomic E-state index is 0.579. The van der Waals surface area contributed by atoms with E-state index in [9.17, 15) is 0 Å². The Morgan fingerprint density at radius 3 is 2.94 bits per heavy atom. The maximum atomic E-state index is 8.43. The molecule has 1 heterocycles. The zero-order valence-corrected chi connectivity index (χ0v) is 10.1.